The fraction of sp³-hybridized carbons (Fsp3) is 0.300. The number of ether oxygens (including phenoxy) is 1. The van der Waals surface area contributed by atoms with Crippen LogP contribution in [0.4, 0.5) is 5.69 Å². The summed E-state index contributed by atoms with van der Waals surface area (Å²) in [5.74, 6) is 0.500. The third kappa shape index (κ3) is 4.18. The summed E-state index contributed by atoms with van der Waals surface area (Å²) < 4.78 is 5.25. The van der Waals surface area contributed by atoms with E-state index in [1.165, 1.54) is 17.5 Å². The number of rotatable bonds is 6. The highest BCUT2D eigenvalue weighted by atomic mass is 16.5. The van der Waals surface area contributed by atoms with Crippen LogP contribution in [0.2, 0.25) is 0 Å². The summed E-state index contributed by atoms with van der Waals surface area (Å²) in [7, 11) is 1.60. The summed E-state index contributed by atoms with van der Waals surface area (Å²) in [4.78, 5) is 12.0. The number of aryl methyl sites for hydroxylation is 2. The van der Waals surface area contributed by atoms with Crippen LogP contribution in [-0.2, 0) is 17.6 Å². The average molecular weight is 337 g/mol. The standard InChI is InChI=1S/C20H23N3O2/c1-14(16-11-10-15-6-5-7-17(15)12-16)22-23-20(24)13-21-18-8-3-4-9-19(18)25-2/h3-4,8-12,21H,5-7,13H2,1-2H3,(H,23,24)/b22-14-. The van der Waals surface area contributed by atoms with Crippen molar-refractivity contribution in [2.45, 2.75) is 26.2 Å². The molecule has 1 aliphatic carbocycles. The quantitative estimate of drug-likeness (QED) is 0.629. The van der Waals surface area contributed by atoms with Crippen LogP contribution in [0.15, 0.2) is 47.6 Å². The summed E-state index contributed by atoms with van der Waals surface area (Å²) in [5.41, 5.74) is 8.07. The lowest BCUT2D eigenvalue weighted by Gasteiger charge is -2.10. The maximum atomic E-state index is 12.0. The fourth-order valence-electron chi connectivity index (χ4n) is 3.01. The molecule has 25 heavy (non-hydrogen) atoms. The third-order valence-electron chi connectivity index (χ3n) is 4.41. The van der Waals surface area contributed by atoms with Gasteiger partial charge in [-0.25, -0.2) is 5.43 Å². The number of carbonyl (C=O) groups excluding carboxylic acids is 1. The van der Waals surface area contributed by atoms with E-state index in [1.54, 1.807) is 7.11 Å². The predicted molar refractivity (Wildman–Crippen MR) is 100 cm³/mol. The van der Waals surface area contributed by atoms with Gasteiger partial charge in [-0.3, -0.25) is 4.79 Å². The number of methoxy groups -OCH3 is 1. The maximum Gasteiger partial charge on any atom is 0.259 e. The molecule has 0 fully saturated rings. The molecule has 1 aliphatic rings. The number of hydrogen-bond donors (Lipinski definition) is 2. The molecule has 5 nitrogen and oxygen atoms in total. The zero-order valence-electron chi connectivity index (χ0n) is 14.6. The maximum absolute atomic E-state index is 12.0. The molecular weight excluding hydrogens is 314 g/mol. The number of anilines is 1. The van der Waals surface area contributed by atoms with E-state index in [4.69, 9.17) is 4.74 Å². The van der Waals surface area contributed by atoms with Crippen molar-refractivity contribution < 1.29 is 9.53 Å². The number of fused-ring (bicyclic) bond motifs is 1. The second-order valence-electron chi connectivity index (χ2n) is 6.12. The van der Waals surface area contributed by atoms with Crippen molar-refractivity contribution in [3.8, 4) is 5.75 Å². The number of carbonyl (C=O) groups is 1. The van der Waals surface area contributed by atoms with Crippen molar-refractivity contribution in [3.05, 3.63) is 59.2 Å². The molecule has 0 bridgehead atoms. The van der Waals surface area contributed by atoms with E-state index < -0.39 is 0 Å². The van der Waals surface area contributed by atoms with Gasteiger partial charge in [-0.05, 0) is 61.1 Å². The highest BCUT2D eigenvalue weighted by Gasteiger charge is 2.12. The van der Waals surface area contributed by atoms with Crippen molar-refractivity contribution >= 4 is 17.3 Å². The van der Waals surface area contributed by atoms with Crippen LogP contribution in [0.3, 0.4) is 0 Å². The van der Waals surface area contributed by atoms with Gasteiger partial charge in [0.15, 0.2) is 0 Å². The second-order valence-corrected chi connectivity index (χ2v) is 6.12. The van der Waals surface area contributed by atoms with Crippen LogP contribution in [0.5, 0.6) is 5.75 Å². The smallest absolute Gasteiger partial charge is 0.259 e. The number of amides is 1. The monoisotopic (exact) mass is 337 g/mol. The molecule has 0 atom stereocenters. The van der Waals surface area contributed by atoms with Gasteiger partial charge >= 0.3 is 0 Å². The van der Waals surface area contributed by atoms with E-state index in [1.807, 2.05) is 31.2 Å². The number of nitrogens with one attached hydrogen (secondary N) is 2. The Morgan fingerprint density at radius 1 is 1.16 bits per heavy atom. The highest BCUT2D eigenvalue weighted by Crippen LogP contribution is 2.23. The molecule has 0 unspecified atom stereocenters. The third-order valence-corrected chi connectivity index (χ3v) is 4.41. The number of nitrogens with zero attached hydrogens (tertiary/aromatic N) is 1. The minimum absolute atomic E-state index is 0.126. The first kappa shape index (κ1) is 17.0. The Hall–Kier alpha value is -2.82. The van der Waals surface area contributed by atoms with E-state index in [9.17, 15) is 4.79 Å². The molecule has 130 valence electrons. The van der Waals surface area contributed by atoms with Crippen molar-refractivity contribution in [1.29, 1.82) is 0 Å². The summed E-state index contributed by atoms with van der Waals surface area (Å²) in [6.45, 7) is 2.03. The Balaban J connectivity index is 1.56. The highest BCUT2D eigenvalue weighted by molar-refractivity contribution is 5.99. The van der Waals surface area contributed by atoms with Gasteiger partial charge in [0.1, 0.15) is 5.75 Å². The largest absolute Gasteiger partial charge is 0.495 e. The first-order valence-corrected chi connectivity index (χ1v) is 8.49. The molecule has 2 aromatic carbocycles. The first-order chi connectivity index (χ1) is 12.2. The van der Waals surface area contributed by atoms with Crippen LogP contribution in [0.25, 0.3) is 0 Å². The van der Waals surface area contributed by atoms with Gasteiger partial charge in [0.25, 0.3) is 5.91 Å². The molecule has 2 aromatic rings. The van der Waals surface area contributed by atoms with Gasteiger partial charge in [0.2, 0.25) is 0 Å². The summed E-state index contributed by atoms with van der Waals surface area (Å²) in [5, 5.41) is 7.28. The van der Waals surface area contributed by atoms with E-state index >= 15 is 0 Å². The van der Waals surface area contributed by atoms with Crippen molar-refractivity contribution in [1.82, 2.24) is 5.43 Å². The molecule has 0 spiro atoms. The van der Waals surface area contributed by atoms with E-state index in [0.717, 1.165) is 29.8 Å². The average Bonchev–Trinajstić information content (AvgIpc) is 3.12. The Bertz CT molecular complexity index is 799. The van der Waals surface area contributed by atoms with Gasteiger partial charge < -0.3 is 10.1 Å². The van der Waals surface area contributed by atoms with E-state index in [-0.39, 0.29) is 12.5 Å². The molecule has 0 aliphatic heterocycles. The number of benzene rings is 2. The molecule has 5 heteroatoms. The molecular formula is C20H23N3O2. The Kier molecular flexibility index (Phi) is 5.33. The van der Waals surface area contributed by atoms with Gasteiger partial charge in [-0.2, -0.15) is 5.10 Å². The van der Waals surface area contributed by atoms with Crippen LogP contribution in [0.1, 0.15) is 30.0 Å². The molecule has 1 amide bonds. The SMILES string of the molecule is COc1ccccc1NCC(=O)N/N=C(/C)c1ccc2c(c1)CCC2. The van der Waals surface area contributed by atoms with Gasteiger partial charge in [-0.15, -0.1) is 0 Å². The minimum Gasteiger partial charge on any atom is -0.495 e. The molecule has 3 rings (SSSR count). The molecule has 0 heterocycles. The fourth-order valence-corrected chi connectivity index (χ4v) is 3.01. The van der Waals surface area contributed by atoms with Gasteiger partial charge in [0, 0.05) is 0 Å². The van der Waals surface area contributed by atoms with Crippen molar-refractivity contribution in [2.24, 2.45) is 5.10 Å². The van der Waals surface area contributed by atoms with Crippen LogP contribution < -0.4 is 15.5 Å². The topological polar surface area (TPSA) is 62.7 Å². The lowest BCUT2D eigenvalue weighted by Crippen LogP contribution is -2.26. The zero-order chi connectivity index (χ0) is 17.6. The normalized spacial score (nSPS) is 13.3. The van der Waals surface area contributed by atoms with E-state index in [2.05, 4.69) is 34.0 Å². The Labute approximate surface area is 148 Å². The second kappa shape index (κ2) is 7.83. The molecule has 0 aromatic heterocycles. The van der Waals surface area contributed by atoms with Crippen LogP contribution >= 0.6 is 0 Å². The lowest BCUT2D eigenvalue weighted by atomic mass is 10.0. The van der Waals surface area contributed by atoms with Crippen LogP contribution in [0, 0.1) is 0 Å². The van der Waals surface area contributed by atoms with Crippen molar-refractivity contribution in [3.63, 3.8) is 0 Å². The zero-order valence-corrected chi connectivity index (χ0v) is 14.6. The predicted octanol–water partition coefficient (Wildman–Crippen LogP) is 3.14. The lowest BCUT2D eigenvalue weighted by molar-refractivity contribution is -0.119. The summed E-state index contributed by atoms with van der Waals surface area (Å²) in [6.07, 6.45) is 3.52. The summed E-state index contributed by atoms with van der Waals surface area (Å²) in [6, 6.07) is 13.9. The molecule has 2 N–H and O–H groups in total. The molecule has 0 radical (unpaired) electrons. The Morgan fingerprint density at radius 2 is 1.96 bits per heavy atom. The van der Waals surface area contributed by atoms with E-state index in [0.29, 0.717) is 5.75 Å². The first-order valence-electron chi connectivity index (χ1n) is 8.49. The summed E-state index contributed by atoms with van der Waals surface area (Å²) >= 11 is 0. The van der Waals surface area contributed by atoms with Gasteiger partial charge in [-0.1, -0.05) is 24.3 Å². The van der Waals surface area contributed by atoms with Crippen LogP contribution in [-0.4, -0.2) is 25.3 Å². The van der Waals surface area contributed by atoms with Crippen molar-refractivity contribution in [2.75, 3.05) is 19.0 Å². The number of hydrazone groups is 1. The molecule has 0 saturated carbocycles. The molecule has 0 saturated heterocycles. The Morgan fingerprint density at radius 3 is 2.80 bits per heavy atom. The number of para-hydroxylation sites is 2. The minimum atomic E-state index is -0.202. The number of hydrogen-bond acceptors (Lipinski definition) is 4. The van der Waals surface area contributed by atoms with Gasteiger partial charge in [0.05, 0.1) is 25.1 Å².